The molecule has 4 atom stereocenters. The van der Waals surface area contributed by atoms with E-state index in [2.05, 4.69) is 70.5 Å². The zero-order valence-electron chi connectivity index (χ0n) is 19.9. The fraction of sp³-hybridized carbons (Fsp3) is 0.586. The lowest BCUT2D eigenvalue weighted by molar-refractivity contribution is 0.000295. The maximum absolute atomic E-state index is 10.5. The van der Waals surface area contributed by atoms with Crippen LogP contribution in [-0.4, -0.2) is 66.9 Å². The molecule has 3 fully saturated rings. The van der Waals surface area contributed by atoms with Gasteiger partial charge in [0.15, 0.2) is 0 Å². The predicted molar refractivity (Wildman–Crippen MR) is 133 cm³/mol. The fourth-order valence-corrected chi connectivity index (χ4v) is 6.62. The van der Waals surface area contributed by atoms with Crippen molar-refractivity contribution in [3.63, 3.8) is 0 Å². The summed E-state index contributed by atoms with van der Waals surface area (Å²) in [5.74, 6) is 2.86. The summed E-state index contributed by atoms with van der Waals surface area (Å²) in [4.78, 5) is 4.98. The summed E-state index contributed by atoms with van der Waals surface area (Å²) in [6, 6.07) is 21.9. The summed E-state index contributed by atoms with van der Waals surface area (Å²) in [6.07, 6.45) is 6.59. The molecule has 0 aromatic heterocycles. The highest BCUT2D eigenvalue weighted by Crippen LogP contribution is 2.49. The summed E-state index contributed by atoms with van der Waals surface area (Å²) < 4.78 is 5.89. The van der Waals surface area contributed by atoms with E-state index in [1.807, 2.05) is 0 Å². The van der Waals surface area contributed by atoms with E-state index in [-0.39, 0.29) is 6.04 Å². The second kappa shape index (κ2) is 11.1. The van der Waals surface area contributed by atoms with Crippen molar-refractivity contribution in [1.82, 2.24) is 9.80 Å². The van der Waals surface area contributed by atoms with Gasteiger partial charge in [-0.2, -0.15) is 0 Å². The van der Waals surface area contributed by atoms with E-state index in [0.717, 1.165) is 50.5 Å². The van der Waals surface area contributed by atoms with Crippen molar-refractivity contribution in [2.75, 3.05) is 45.9 Å². The highest BCUT2D eigenvalue weighted by molar-refractivity contribution is 5.31. The minimum Gasteiger partial charge on any atom is -0.389 e. The van der Waals surface area contributed by atoms with Crippen LogP contribution in [0.4, 0.5) is 0 Å². The fourth-order valence-electron chi connectivity index (χ4n) is 6.62. The number of aliphatic hydroxyl groups is 1. The van der Waals surface area contributed by atoms with Crippen LogP contribution in [0.3, 0.4) is 0 Å². The first-order valence-electron chi connectivity index (χ1n) is 13.1. The van der Waals surface area contributed by atoms with Gasteiger partial charge in [-0.3, -0.25) is 9.80 Å². The van der Waals surface area contributed by atoms with Crippen molar-refractivity contribution in [1.29, 1.82) is 0 Å². The minimum absolute atomic E-state index is 0.286. The quantitative estimate of drug-likeness (QED) is 0.539. The van der Waals surface area contributed by atoms with Gasteiger partial charge in [0.1, 0.15) is 0 Å². The topological polar surface area (TPSA) is 35.9 Å². The van der Waals surface area contributed by atoms with Gasteiger partial charge >= 0.3 is 0 Å². The molecule has 2 aromatic carbocycles. The Morgan fingerprint density at radius 1 is 0.848 bits per heavy atom. The van der Waals surface area contributed by atoms with Crippen LogP contribution in [0.1, 0.15) is 49.3 Å². The molecule has 4 unspecified atom stereocenters. The molecule has 0 radical (unpaired) electrons. The van der Waals surface area contributed by atoms with E-state index >= 15 is 0 Å². The Morgan fingerprint density at radius 3 is 2.09 bits per heavy atom. The van der Waals surface area contributed by atoms with Crippen LogP contribution in [0, 0.1) is 17.8 Å². The van der Waals surface area contributed by atoms with Gasteiger partial charge < -0.3 is 9.84 Å². The molecule has 5 rings (SSSR count). The van der Waals surface area contributed by atoms with Crippen LogP contribution in [0.15, 0.2) is 60.7 Å². The van der Waals surface area contributed by atoms with E-state index in [0.29, 0.717) is 13.2 Å². The number of fused-ring (bicyclic) bond motifs is 2. The predicted octanol–water partition coefficient (Wildman–Crippen LogP) is 4.60. The summed E-state index contributed by atoms with van der Waals surface area (Å²) in [6.45, 7) is 5.98. The van der Waals surface area contributed by atoms with Crippen LogP contribution in [0.25, 0.3) is 0 Å². The van der Waals surface area contributed by atoms with Gasteiger partial charge in [-0.1, -0.05) is 67.1 Å². The number of ether oxygens (including phenoxy) is 1. The van der Waals surface area contributed by atoms with E-state index in [1.54, 1.807) is 0 Å². The molecule has 33 heavy (non-hydrogen) atoms. The van der Waals surface area contributed by atoms with Crippen molar-refractivity contribution in [3.05, 3.63) is 71.8 Å². The van der Waals surface area contributed by atoms with Crippen molar-refractivity contribution in [2.45, 2.75) is 44.2 Å². The first-order valence-corrected chi connectivity index (χ1v) is 13.1. The van der Waals surface area contributed by atoms with Crippen LogP contribution < -0.4 is 0 Å². The molecule has 2 aromatic rings. The van der Waals surface area contributed by atoms with Crippen LogP contribution in [0.2, 0.25) is 0 Å². The second-order valence-electron chi connectivity index (χ2n) is 10.5. The summed E-state index contributed by atoms with van der Waals surface area (Å²) >= 11 is 0. The lowest BCUT2D eigenvalue weighted by Crippen LogP contribution is -2.50. The third-order valence-corrected chi connectivity index (χ3v) is 8.30. The molecular formula is C29H40N2O2. The standard InChI is InChI=1S/C29H40N2O2/c32-28(22-33-18-13-27-20-23-11-12-26(27)19-23)21-30-14-16-31(17-15-30)29(24-7-3-1-4-8-24)25-9-5-2-6-10-25/h1-10,23,26-29,32H,11-22H2. The number of benzene rings is 2. The van der Waals surface area contributed by atoms with Gasteiger partial charge in [0.2, 0.25) is 0 Å². The molecule has 0 spiro atoms. The molecule has 1 aliphatic heterocycles. The van der Waals surface area contributed by atoms with Crippen LogP contribution in [0.5, 0.6) is 0 Å². The molecule has 2 saturated carbocycles. The molecule has 1 heterocycles. The van der Waals surface area contributed by atoms with Gasteiger partial charge in [-0.15, -0.1) is 0 Å². The monoisotopic (exact) mass is 448 g/mol. The normalized spacial score (nSPS) is 26.8. The number of piperazine rings is 1. The highest BCUT2D eigenvalue weighted by atomic mass is 16.5. The third-order valence-electron chi connectivity index (χ3n) is 8.30. The molecule has 0 amide bonds. The summed E-state index contributed by atoms with van der Waals surface area (Å²) in [7, 11) is 0. The average Bonchev–Trinajstić information content (AvgIpc) is 3.48. The number of nitrogens with zero attached hydrogens (tertiary/aromatic N) is 2. The average molecular weight is 449 g/mol. The molecule has 1 N–H and O–H groups in total. The van der Waals surface area contributed by atoms with Gasteiger partial charge in [0.05, 0.1) is 18.8 Å². The maximum Gasteiger partial charge on any atom is 0.0900 e. The van der Waals surface area contributed by atoms with E-state index in [1.165, 1.54) is 43.2 Å². The van der Waals surface area contributed by atoms with Crippen LogP contribution >= 0.6 is 0 Å². The molecule has 3 aliphatic rings. The van der Waals surface area contributed by atoms with Crippen molar-refractivity contribution in [3.8, 4) is 0 Å². The Kier molecular flexibility index (Phi) is 7.78. The number of rotatable bonds is 10. The zero-order chi connectivity index (χ0) is 22.5. The summed E-state index contributed by atoms with van der Waals surface area (Å²) in [5, 5.41) is 10.5. The van der Waals surface area contributed by atoms with Gasteiger partial charge in [-0.25, -0.2) is 0 Å². The molecule has 1 saturated heterocycles. The lowest BCUT2D eigenvalue weighted by atomic mass is 9.87. The first kappa shape index (κ1) is 23.0. The Morgan fingerprint density at radius 2 is 1.52 bits per heavy atom. The second-order valence-corrected chi connectivity index (χ2v) is 10.5. The molecule has 178 valence electrons. The maximum atomic E-state index is 10.5. The largest absolute Gasteiger partial charge is 0.389 e. The number of β-amino-alcohol motifs (C(OH)–C–C–N with tert-alkyl or cyclic N) is 1. The van der Waals surface area contributed by atoms with Crippen molar-refractivity contribution >= 4 is 0 Å². The Balaban J connectivity index is 1.06. The lowest BCUT2D eigenvalue weighted by Gasteiger charge is -2.40. The number of hydrogen-bond acceptors (Lipinski definition) is 4. The Bertz CT molecular complexity index is 798. The van der Waals surface area contributed by atoms with Crippen molar-refractivity contribution < 1.29 is 9.84 Å². The zero-order valence-corrected chi connectivity index (χ0v) is 19.9. The Hall–Kier alpha value is -1.72. The molecule has 4 nitrogen and oxygen atoms in total. The SMILES string of the molecule is OC(COCCC1CC2CCC1C2)CN1CCN(C(c2ccccc2)c2ccccc2)CC1. The molecule has 4 heteroatoms. The van der Waals surface area contributed by atoms with E-state index in [9.17, 15) is 5.11 Å². The molecular weight excluding hydrogens is 408 g/mol. The number of hydrogen-bond donors (Lipinski definition) is 1. The molecule has 2 bridgehead atoms. The highest BCUT2D eigenvalue weighted by Gasteiger charge is 2.38. The van der Waals surface area contributed by atoms with Gasteiger partial charge in [0.25, 0.3) is 0 Å². The minimum atomic E-state index is -0.393. The number of aliphatic hydroxyl groups excluding tert-OH is 1. The van der Waals surface area contributed by atoms with Crippen molar-refractivity contribution in [2.24, 2.45) is 17.8 Å². The van der Waals surface area contributed by atoms with Crippen LogP contribution in [-0.2, 0) is 4.74 Å². The Labute approximate surface area is 199 Å². The van der Waals surface area contributed by atoms with E-state index in [4.69, 9.17) is 4.74 Å². The third kappa shape index (κ3) is 5.86. The van der Waals surface area contributed by atoms with E-state index < -0.39 is 6.10 Å². The molecule has 2 aliphatic carbocycles. The first-order chi connectivity index (χ1) is 16.3. The smallest absolute Gasteiger partial charge is 0.0900 e. The van der Waals surface area contributed by atoms with Gasteiger partial charge in [0, 0.05) is 39.3 Å². The summed E-state index contributed by atoms with van der Waals surface area (Å²) in [5.41, 5.74) is 2.70. The van der Waals surface area contributed by atoms with Gasteiger partial charge in [-0.05, 0) is 54.6 Å².